The van der Waals surface area contributed by atoms with Crippen molar-refractivity contribution in [2.24, 2.45) is 0 Å². The van der Waals surface area contributed by atoms with E-state index >= 15 is 0 Å². The maximum absolute atomic E-state index is 13.2. The van der Waals surface area contributed by atoms with Crippen LogP contribution in [0.25, 0.3) is 0 Å². The van der Waals surface area contributed by atoms with Gasteiger partial charge in [0.1, 0.15) is 24.7 Å². The lowest BCUT2D eigenvalue weighted by molar-refractivity contribution is -0.933. The van der Waals surface area contributed by atoms with Crippen molar-refractivity contribution in [1.82, 2.24) is 15.3 Å². The van der Waals surface area contributed by atoms with Gasteiger partial charge in [-0.1, -0.05) is 35.9 Å². The molecule has 250 valence electrons. The van der Waals surface area contributed by atoms with Crippen molar-refractivity contribution >= 4 is 29.1 Å². The van der Waals surface area contributed by atoms with Crippen molar-refractivity contribution in [2.45, 2.75) is 44.6 Å². The molecule has 0 saturated carbocycles. The summed E-state index contributed by atoms with van der Waals surface area (Å²) in [5.74, 6) is 1.30. The molecule has 3 aromatic rings. The zero-order valence-electron chi connectivity index (χ0n) is 27.0. The number of aromatic nitrogens is 2. The number of hydrogen-bond acceptors (Lipinski definition) is 9. The Morgan fingerprint density at radius 1 is 0.848 bits per heavy atom. The van der Waals surface area contributed by atoms with Gasteiger partial charge in [0.2, 0.25) is 0 Å². The number of anilines is 2. The molecule has 0 bridgehead atoms. The van der Waals surface area contributed by atoms with Crippen molar-refractivity contribution in [2.75, 3.05) is 78.3 Å². The van der Waals surface area contributed by atoms with Gasteiger partial charge in [0.15, 0.2) is 22.5 Å². The van der Waals surface area contributed by atoms with Crippen molar-refractivity contribution in [1.29, 1.82) is 0 Å². The first-order valence-corrected chi connectivity index (χ1v) is 16.3. The van der Waals surface area contributed by atoms with Gasteiger partial charge >= 0.3 is 0 Å². The van der Waals surface area contributed by atoms with E-state index < -0.39 is 0 Å². The topological polar surface area (TPSA) is 144 Å². The summed E-state index contributed by atoms with van der Waals surface area (Å²) >= 11 is 6.05. The van der Waals surface area contributed by atoms with Crippen LogP contribution >= 0.6 is 11.6 Å². The second kappa shape index (κ2) is 17.9. The van der Waals surface area contributed by atoms with E-state index in [9.17, 15) is 4.79 Å². The maximum atomic E-state index is 13.2. The summed E-state index contributed by atoms with van der Waals surface area (Å²) < 4.78 is 22.5. The third kappa shape index (κ3) is 10.7. The van der Waals surface area contributed by atoms with Gasteiger partial charge in [0.05, 0.1) is 45.4 Å². The fourth-order valence-corrected chi connectivity index (χ4v) is 6.18. The number of nitrogen functional groups attached to an aromatic ring is 2. The normalized spacial score (nSPS) is 15.8. The molecular formula is C34H48ClN6O5+. The summed E-state index contributed by atoms with van der Waals surface area (Å²) in [6.45, 7) is 6.12. The molecule has 1 aliphatic rings. The van der Waals surface area contributed by atoms with E-state index in [4.69, 9.17) is 42.0 Å². The van der Waals surface area contributed by atoms with E-state index in [0.717, 1.165) is 80.7 Å². The van der Waals surface area contributed by atoms with Crippen LogP contribution in [-0.2, 0) is 22.3 Å². The van der Waals surface area contributed by atoms with Crippen LogP contribution in [0.3, 0.4) is 0 Å². The van der Waals surface area contributed by atoms with Gasteiger partial charge < -0.3 is 40.2 Å². The first kappa shape index (κ1) is 35.2. The number of amides is 1. The molecule has 1 unspecified atom stereocenters. The molecule has 0 radical (unpaired) electrons. The predicted octanol–water partition coefficient (Wildman–Crippen LogP) is 4.32. The number of nitrogens with one attached hydrogen (secondary N) is 1. The molecule has 0 spiro atoms. The highest BCUT2D eigenvalue weighted by molar-refractivity contribution is 6.31. The third-order valence-electron chi connectivity index (χ3n) is 8.40. The summed E-state index contributed by atoms with van der Waals surface area (Å²) in [6.07, 6.45) is 5.90. The Bertz CT molecular complexity index is 1320. The Balaban J connectivity index is 1.39. The Morgan fingerprint density at radius 3 is 1.91 bits per heavy atom. The highest BCUT2D eigenvalue weighted by Crippen LogP contribution is 2.25. The highest BCUT2D eigenvalue weighted by Gasteiger charge is 2.35. The molecule has 46 heavy (non-hydrogen) atoms. The van der Waals surface area contributed by atoms with Crippen LogP contribution in [0.15, 0.2) is 48.5 Å². The van der Waals surface area contributed by atoms with Gasteiger partial charge in [-0.2, -0.15) is 0 Å². The number of quaternary nitrogens is 1. The molecule has 1 aromatic heterocycles. The van der Waals surface area contributed by atoms with Crippen molar-refractivity contribution in [3.63, 3.8) is 0 Å². The Morgan fingerprint density at radius 2 is 1.39 bits per heavy atom. The molecule has 1 atom stereocenters. The SMILES string of the molecule is COCCOc1ccc(CCC[N+]2(CCCc3ccc(OCCOC)cc3)CCCC(NC(=O)c3nc(Cl)c(N)nc3N)C2)cc1. The van der Waals surface area contributed by atoms with Crippen LogP contribution < -0.4 is 26.3 Å². The lowest BCUT2D eigenvalue weighted by Gasteiger charge is -2.45. The molecule has 2 heterocycles. The monoisotopic (exact) mass is 655 g/mol. The summed E-state index contributed by atoms with van der Waals surface area (Å²) in [5, 5.41) is 3.14. The summed E-state index contributed by atoms with van der Waals surface area (Å²) in [5.41, 5.74) is 14.2. The first-order valence-electron chi connectivity index (χ1n) is 16.0. The van der Waals surface area contributed by atoms with E-state index in [0.29, 0.717) is 26.4 Å². The van der Waals surface area contributed by atoms with Crippen LogP contribution in [0.1, 0.15) is 47.3 Å². The Hall–Kier alpha value is -3.64. The molecule has 0 aliphatic carbocycles. The number of rotatable bonds is 18. The van der Waals surface area contributed by atoms with Crippen molar-refractivity contribution < 1.29 is 28.2 Å². The van der Waals surface area contributed by atoms with Crippen molar-refractivity contribution in [3.05, 3.63) is 70.5 Å². The lowest BCUT2D eigenvalue weighted by Crippen LogP contribution is -2.60. The van der Waals surface area contributed by atoms with Gasteiger partial charge in [-0.3, -0.25) is 4.79 Å². The number of hydrogen-bond donors (Lipinski definition) is 3. The van der Waals surface area contributed by atoms with Gasteiger partial charge in [0.25, 0.3) is 5.91 Å². The number of piperidine rings is 1. The smallest absolute Gasteiger partial charge is 0.274 e. The average molecular weight is 656 g/mol. The summed E-state index contributed by atoms with van der Waals surface area (Å²) in [6, 6.07) is 16.6. The largest absolute Gasteiger partial charge is 0.491 e. The van der Waals surface area contributed by atoms with Crippen molar-refractivity contribution in [3.8, 4) is 11.5 Å². The molecule has 1 amide bonds. The highest BCUT2D eigenvalue weighted by atomic mass is 35.5. The molecule has 4 rings (SSSR count). The van der Waals surface area contributed by atoms with Gasteiger partial charge in [-0.15, -0.1) is 0 Å². The lowest BCUT2D eigenvalue weighted by atomic mass is 9.99. The molecule has 12 heteroatoms. The zero-order chi connectivity index (χ0) is 32.8. The molecule has 1 aliphatic heterocycles. The minimum atomic E-state index is -0.377. The molecular weight excluding hydrogens is 608 g/mol. The van der Waals surface area contributed by atoms with Crippen LogP contribution in [0, 0.1) is 0 Å². The second-order valence-corrected chi connectivity index (χ2v) is 12.2. The van der Waals surface area contributed by atoms with E-state index in [2.05, 4.69) is 39.6 Å². The fraction of sp³-hybridized carbons (Fsp3) is 0.500. The number of aryl methyl sites for hydroxylation is 2. The number of ether oxygens (including phenoxy) is 4. The summed E-state index contributed by atoms with van der Waals surface area (Å²) in [4.78, 5) is 21.3. The predicted molar refractivity (Wildman–Crippen MR) is 180 cm³/mol. The number of carbonyl (C=O) groups is 1. The number of likely N-dealkylation sites (tertiary alicyclic amines) is 1. The third-order valence-corrected chi connectivity index (χ3v) is 8.68. The van der Waals surface area contributed by atoms with Crippen LogP contribution in [0.2, 0.25) is 5.15 Å². The second-order valence-electron chi connectivity index (χ2n) is 11.8. The van der Waals surface area contributed by atoms with Gasteiger partial charge in [-0.05, 0) is 61.1 Å². The molecule has 2 aromatic carbocycles. The minimum Gasteiger partial charge on any atom is -0.491 e. The molecule has 5 N–H and O–H groups in total. The van der Waals surface area contributed by atoms with Gasteiger partial charge in [0, 0.05) is 27.1 Å². The quantitative estimate of drug-likeness (QED) is 0.135. The van der Waals surface area contributed by atoms with Gasteiger partial charge in [-0.25, -0.2) is 9.97 Å². The summed E-state index contributed by atoms with van der Waals surface area (Å²) in [7, 11) is 3.33. The maximum Gasteiger partial charge on any atom is 0.274 e. The Labute approximate surface area is 277 Å². The Kier molecular flexibility index (Phi) is 13.7. The number of nitrogens with two attached hydrogens (primary N) is 2. The van der Waals surface area contributed by atoms with Crippen LogP contribution in [-0.4, -0.2) is 93.2 Å². The van der Waals surface area contributed by atoms with Crippen LogP contribution in [0.4, 0.5) is 11.6 Å². The average Bonchev–Trinajstić information content (AvgIpc) is 3.05. The molecule has 11 nitrogen and oxygen atoms in total. The first-order chi connectivity index (χ1) is 22.3. The standard InChI is InChI=1S/C34H47ClN6O5/c1-43-20-22-45-28-13-9-25(10-14-28)6-3-17-41(18-4-7-26-11-15-29(16-12-26)46-23-21-44-2)19-5-8-27(24-41)38-34(42)30-32(36)40-33(37)31(35)39-30/h9-16,27H,3-8,17-24H2,1-2H3,(H4-,36,37,38,40,42)/p+1. The number of halogens is 1. The fourth-order valence-electron chi connectivity index (χ4n) is 6.05. The molecule has 1 fully saturated rings. The minimum absolute atomic E-state index is 0.00517. The van der Waals surface area contributed by atoms with E-state index in [1.165, 1.54) is 11.1 Å². The number of nitrogens with zero attached hydrogens (tertiary/aromatic N) is 3. The number of benzene rings is 2. The van der Waals surface area contributed by atoms with E-state index in [-0.39, 0.29) is 34.4 Å². The molecule has 1 saturated heterocycles. The van der Waals surface area contributed by atoms with Crippen LogP contribution in [0.5, 0.6) is 11.5 Å². The zero-order valence-corrected chi connectivity index (χ0v) is 27.8. The number of carbonyl (C=O) groups excluding carboxylic acids is 1. The van der Waals surface area contributed by atoms with E-state index in [1.54, 1.807) is 14.2 Å². The number of methoxy groups -OCH3 is 2. The van der Waals surface area contributed by atoms with E-state index in [1.807, 2.05) is 24.3 Å².